The zero-order chi connectivity index (χ0) is 12.2. The highest BCUT2D eigenvalue weighted by molar-refractivity contribution is 5.09. The minimum atomic E-state index is -0.447. The number of hydrogen-bond acceptors (Lipinski definition) is 2. The Labute approximate surface area is 99.7 Å². The first-order valence-electron chi connectivity index (χ1n) is 6.72. The Morgan fingerprint density at radius 3 is 2.38 bits per heavy atom. The van der Waals surface area contributed by atoms with Gasteiger partial charge in [0.2, 0.25) is 0 Å². The van der Waals surface area contributed by atoms with E-state index >= 15 is 0 Å². The molecule has 16 heavy (non-hydrogen) atoms. The number of hydrogen-bond donors (Lipinski definition) is 1. The summed E-state index contributed by atoms with van der Waals surface area (Å²) < 4.78 is 0. The fourth-order valence-corrected chi connectivity index (χ4v) is 3.15. The van der Waals surface area contributed by atoms with Gasteiger partial charge in [-0.1, -0.05) is 40.0 Å². The fourth-order valence-electron chi connectivity index (χ4n) is 3.15. The van der Waals surface area contributed by atoms with Crippen LogP contribution in [-0.4, -0.2) is 11.2 Å². The summed E-state index contributed by atoms with van der Waals surface area (Å²) in [6.45, 7) is 6.39. The summed E-state index contributed by atoms with van der Waals surface area (Å²) in [6, 6.07) is 2.44. The van der Waals surface area contributed by atoms with Crippen molar-refractivity contribution in [2.75, 3.05) is 0 Å². The van der Waals surface area contributed by atoms with Crippen molar-refractivity contribution in [1.82, 2.24) is 0 Å². The Kier molecular flexibility index (Phi) is 4.80. The van der Waals surface area contributed by atoms with Crippen LogP contribution in [0, 0.1) is 28.6 Å². The molecule has 1 aliphatic rings. The van der Waals surface area contributed by atoms with Crippen LogP contribution in [-0.2, 0) is 0 Å². The molecule has 0 radical (unpaired) electrons. The first-order chi connectivity index (χ1) is 7.63. The summed E-state index contributed by atoms with van der Waals surface area (Å²) in [5, 5.41) is 19.9. The number of nitrogens with zero attached hydrogens (tertiary/aromatic N) is 1. The number of aliphatic hydroxyl groups is 1. The van der Waals surface area contributed by atoms with E-state index in [1.807, 2.05) is 0 Å². The monoisotopic (exact) mass is 223 g/mol. The molecule has 1 rings (SSSR count). The van der Waals surface area contributed by atoms with Crippen LogP contribution in [0.1, 0.15) is 59.3 Å². The van der Waals surface area contributed by atoms with Gasteiger partial charge in [0.15, 0.2) is 0 Å². The van der Waals surface area contributed by atoms with Gasteiger partial charge in [-0.25, -0.2) is 0 Å². The SMILES string of the molecule is CCC1CCC(C#N)(C(O)C(CC)CC)C1. The molecule has 3 atom stereocenters. The Hall–Kier alpha value is -0.550. The van der Waals surface area contributed by atoms with Crippen molar-refractivity contribution < 1.29 is 5.11 Å². The molecule has 1 saturated carbocycles. The third kappa shape index (κ3) is 2.40. The molecule has 0 aliphatic heterocycles. The molecule has 1 aliphatic carbocycles. The van der Waals surface area contributed by atoms with Crippen molar-refractivity contribution in [2.24, 2.45) is 17.3 Å². The Morgan fingerprint density at radius 2 is 2.00 bits per heavy atom. The quantitative estimate of drug-likeness (QED) is 0.775. The van der Waals surface area contributed by atoms with E-state index in [1.54, 1.807) is 0 Å². The summed E-state index contributed by atoms with van der Waals surface area (Å²) in [4.78, 5) is 0. The summed E-state index contributed by atoms with van der Waals surface area (Å²) in [5.41, 5.74) is -0.447. The summed E-state index contributed by atoms with van der Waals surface area (Å²) >= 11 is 0. The van der Waals surface area contributed by atoms with Gasteiger partial charge in [-0.2, -0.15) is 5.26 Å². The molecule has 0 bridgehead atoms. The average molecular weight is 223 g/mol. The molecule has 1 fully saturated rings. The molecule has 0 aromatic rings. The molecule has 92 valence electrons. The molecule has 2 nitrogen and oxygen atoms in total. The van der Waals surface area contributed by atoms with Crippen LogP contribution in [0.2, 0.25) is 0 Å². The largest absolute Gasteiger partial charge is 0.391 e. The second kappa shape index (κ2) is 5.68. The van der Waals surface area contributed by atoms with Crippen molar-refractivity contribution in [2.45, 2.75) is 65.4 Å². The highest BCUT2D eigenvalue weighted by Crippen LogP contribution is 2.47. The molecule has 2 heteroatoms. The second-order valence-corrected chi connectivity index (χ2v) is 5.31. The van der Waals surface area contributed by atoms with Gasteiger partial charge in [0.05, 0.1) is 17.6 Å². The molecular weight excluding hydrogens is 198 g/mol. The zero-order valence-corrected chi connectivity index (χ0v) is 10.9. The van der Waals surface area contributed by atoms with Crippen molar-refractivity contribution in [3.8, 4) is 6.07 Å². The molecular formula is C14H25NO. The van der Waals surface area contributed by atoms with Gasteiger partial charge in [-0.3, -0.25) is 0 Å². The molecule has 0 saturated heterocycles. The van der Waals surface area contributed by atoms with Gasteiger partial charge >= 0.3 is 0 Å². The highest BCUT2D eigenvalue weighted by Gasteiger charge is 2.46. The van der Waals surface area contributed by atoms with Gasteiger partial charge in [0.25, 0.3) is 0 Å². The predicted molar refractivity (Wildman–Crippen MR) is 65.8 cm³/mol. The van der Waals surface area contributed by atoms with Crippen molar-refractivity contribution in [3.63, 3.8) is 0 Å². The molecule has 0 spiro atoms. The third-order valence-electron chi connectivity index (χ3n) is 4.51. The van der Waals surface area contributed by atoms with E-state index in [0.717, 1.165) is 38.5 Å². The van der Waals surface area contributed by atoms with Crippen LogP contribution in [0.3, 0.4) is 0 Å². The van der Waals surface area contributed by atoms with E-state index in [4.69, 9.17) is 0 Å². The maximum absolute atomic E-state index is 10.5. The van der Waals surface area contributed by atoms with Crippen LogP contribution < -0.4 is 0 Å². The van der Waals surface area contributed by atoms with Gasteiger partial charge < -0.3 is 5.11 Å². The number of aliphatic hydroxyl groups excluding tert-OH is 1. The molecule has 0 aromatic carbocycles. The van der Waals surface area contributed by atoms with Crippen LogP contribution in [0.15, 0.2) is 0 Å². The van der Waals surface area contributed by atoms with E-state index < -0.39 is 11.5 Å². The van der Waals surface area contributed by atoms with Crippen molar-refractivity contribution in [1.29, 1.82) is 5.26 Å². The van der Waals surface area contributed by atoms with Crippen molar-refractivity contribution >= 4 is 0 Å². The third-order valence-corrected chi connectivity index (χ3v) is 4.51. The predicted octanol–water partition coefficient (Wildman–Crippen LogP) is 3.50. The lowest BCUT2D eigenvalue weighted by atomic mass is 9.74. The van der Waals surface area contributed by atoms with Gasteiger partial charge in [-0.15, -0.1) is 0 Å². The molecule has 0 heterocycles. The lowest BCUT2D eigenvalue weighted by Gasteiger charge is -2.32. The van der Waals surface area contributed by atoms with Crippen LogP contribution in [0.4, 0.5) is 0 Å². The Balaban J connectivity index is 2.78. The van der Waals surface area contributed by atoms with Gasteiger partial charge in [0, 0.05) is 0 Å². The first-order valence-corrected chi connectivity index (χ1v) is 6.72. The Bertz CT molecular complexity index is 254. The van der Waals surface area contributed by atoms with Crippen LogP contribution in [0.5, 0.6) is 0 Å². The lowest BCUT2D eigenvalue weighted by Crippen LogP contribution is -2.37. The van der Waals surface area contributed by atoms with Crippen molar-refractivity contribution in [3.05, 3.63) is 0 Å². The summed E-state index contributed by atoms with van der Waals surface area (Å²) in [6.07, 6.45) is 5.55. The molecule has 0 amide bonds. The maximum Gasteiger partial charge on any atom is 0.0837 e. The minimum absolute atomic E-state index is 0.287. The van der Waals surface area contributed by atoms with E-state index in [9.17, 15) is 10.4 Å². The molecule has 3 unspecified atom stereocenters. The minimum Gasteiger partial charge on any atom is -0.391 e. The zero-order valence-electron chi connectivity index (χ0n) is 10.9. The lowest BCUT2D eigenvalue weighted by molar-refractivity contribution is 0.0106. The summed E-state index contributed by atoms with van der Waals surface area (Å²) in [7, 11) is 0. The highest BCUT2D eigenvalue weighted by atomic mass is 16.3. The summed E-state index contributed by atoms with van der Waals surface area (Å²) in [5.74, 6) is 0.930. The average Bonchev–Trinajstić information content (AvgIpc) is 2.75. The van der Waals surface area contributed by atoms with E-state index in [2.05, 4.69) is 26.8 Å². The normalized spacial score (nSPS) is 31.6. The van der Waals surface area contributed by atoms with E-state index in [0.29, 0.717) is 5.92 Å². The fraction of sp³-hybridized carbons (Fsp3) is 0.929. The van der Waals surface area contributed by atoms with Crippen LogP contribution >= 0.6 is 0 Å². The first kappa shape index (κ1) is 13.5. The Morgan fingerprint density at radius 1 is 1.38 bits per heavy atom. The number of rotatable bonds is 5. The topological polar surface area (TPSA) is 44.0 Å². The van der Waals surface area contributed by atoms with Crippen LogP contribution in [0.25, 0.3) is 0 Å². The smallest absolute Gasteiger partial charge is 0.0837 e. The second-order valence-electron chi connectivity index (χ2n) is 5.31. The standard InChI is InChI=1S/C14H25NO/c1-4-11-7-8-14(9-11,10-15)13(16)12(5-2)6-3/h11-13,16H,4-9H2,1-3H3. The number of nitriles is 1. The van der Waals surface area contributed by atoms with E-state index in [-0.39, 0.29) is 5.92 Å². The van der Waals surface area contributed by atoms with Gasteiger partial charge in [0.1, 0.15) is 0 Å². The maximum atomic E-state index is 10.5. The molecule has 1 N–H and O–H groups in total. The van der Waals surface area contributed by atoms with E-state index in [1.165, 1.54) is 0 Å². The van der Waals surface area contributed by atoms with Gasteiger partial charge in [-0.05, 0) is 31.1 Å². The molecule has 0 aromatic heterocycles.